The topological polar surface area (TPSA) is 75.6 Å². The largest absolute Gasteiger partial charge is 0.479 e. The monoisotopic (exact) mass is 285 g/mol. The summed E-state index contributed by atoms with van der Waals surface area (Å²) in [6.07, 6.45) is -0.783. The average Bonchev–Trinajstić information content (AvgIpc) is 2.24. The molecule has 0 aliphatic rings. The lowest BCUT2D eigenvalue weighted by Gasteiger charge is -2.22. The third-order valence-corrected chi connectivity index (χ3v) is 2.36. The Bertz CT molecular complexity index is 465. The summed E-state index contributed by atoms with van der Waals surface area (Å²) in [5.41, 5.74) is -0.268. The number of carbonyl (C=O) groups excluding carboxylic acids is 1. The number of carbonyl (C=O) groups is 2. The fourth-order valence-corrected chi connectivity index (χ4v) is 1.49. The molecule has 5 nitrogen and oxygen atoms in total. The van der Waals surface area contributed by atoms with Gasteiger partial charge in [-0.1, -0.05) is 23.7 Å². The van der Waals surface area contributed by atoms with Crippen molar-refractivity contribution in [3.8, 4) is 0 Å². The third-order valence-electron chi connectivity index (χ3n) is 2.11. The second kappa shape index (κ2) is 5.93. The van der Waals surface area contributed by atoms with Crippen LogP contribution in [0.4, 0.5) is 4.79 Å². The standard InChI is InChI=1S/C13H16ClNO4/c1-13(2,3)19-12(18)15-10(11(16)17)8-4-6-9(14)7-5-8/h4-7,10H,1-3H3,(H,15,18)(H,16,17)/t10-/m0/s1. The zero-order chi connectivity index (χ0) is 14.6. The van der Waals surface area contributed by atoms with E-state index in [9.17, 15) is 9.59 Å². The number of ether oxygens (including phenoxy) is 1. The van der Waals surface area contributed by atoms with Gasteiger partial charge in [0, 0.05) is 5.02 Å². The number of aliphatic carboxylic acids is 1. The molecule has 0 aliphatic heterocycles. The van der Waals surface area contributed by atoms with Gasteiger partial charge in [0.25, 0.3) is 0 Å². The van der Waals surface area contributed by atoms with Gasteiger partial charge < -0.3 is 15.2 Å². The lowest BCUT2D eigenvalue weighted by atomic mass is 10.1. The summed E-state index contributed by atoms with van der Waals surface area (Å²) in [6, 6.07) is 5.02. The summed E-state index contributed by atoms with van der Waals surface area (Å²) in [7, 11) is 0. The van der Waals surface area contributed by atoms with Gasteiger partial charge in [0.2, 0.25) is 0 Å². The summed E-state index contributed by atoms with van der Waals surface area (Å²) in [4.78, 5) is 22.8. The van der Waals surface area contributed by atoms with E-state index in [0.717, 1.165) is 0 Å². The van der Waals surface area contributed by atoms with Crippen LogP contribution in [0.15, 0.2) is 24.3 Å². The van der Waals surface area contributed by atoms with Crippen LogP contribution in [0.1, 0.15) is 32.4 Å². The van der Waals surface area contributed by atoms with Crippen LogP contribution in [0.2, 0.25) is 5.02 Å². The van der Waals surface area contributed by atoms with Crippen LogP contribution in [-0.2, 0) is 9.53 Å². The molecule has 1 aromatic carbocycles. The molecular formula is C13H16ClNO4. The molecule has 0 spiro atoms. The van der Waals surface area contributed by atoms with Crippen LogP contribution >= 0.6 is 11.6 Å². The number of nitrogens with one attached hydrogen (secondary N) is 1. The average molecular weight is 286 g/mol. The van der Waals surface area contributed by atoms with Gasteiger partial charge in [-0.05, 0) is 38.5 Å². The fraction of sp³-hybridized carbons (Fsp3) is 0.385. The minimum atomic E-state index is -1.17. The van der Waals surface area contributed by atoms with Gasteiger partial charge in [-0.15, -0.1) is 0 Å². The highest BCUT2D eigenvalue weighted by molar-refractivity contribution is 6.30. The van der Waals surface area contributed by atoms with Crippen molar-refractivity contribution >= 4 is 23.7 Å². The van der Waals surface area contributed by atoms with Crippen molar-refractivity contribution in [2.75, 3.05) is 0 Å². The Hall–Kier alpha value is -1.75. The van der Waals surface area contributed by atoms with E-state index >= 15 is 0 Å². The van der Waals surface area contributed by atoms with Crippen LogP contribution in [0.25, 0.3) is 0 Å². The summed E-state index contributed by atoms with van der Waals surface area (Å²) in [6.45, 7) is 5.10. The van der Waals surface area contributed by atoms with E-state index in [1.54, 1.807) is 45.0 Å². The number of carboxylic acid groups (broad SMARTS) is 1. The van der Waals surface area contributed by atoms with Crippen molar-refractivity contribution in [2.24, 2.45) is 0 Å². The number of hydrogen-bond donors (Lipinski definition) is 2. The molecule has 0 saturated heterocycles. The van der Waals surface area contributed by atoms with Crippen LogP contribution in [-0.4, -0.2) is 22.8 Å². The normalized spacial score (nSPS) is 12.6. The second-order valence-electron chi connectivity index (χ2n) is 4.97. The molecule has 19 heavy (non-hydrogen) atoms. The minimum Gasteiger partial charge on any atom is -0.479 e. The first-order chi connectivity index (χ1) is 8.69. The van der Waals surface area contributed by atoms with Gasteiger partial charge in [-0.2, -0.15) is 0 Å². The Kier molecular flexibility index (Phi) is 4.78. The maximum Gasteiger partial charge on any atom is 0.408 e. The predicted molar refractivity (Wildman–Crippen MR) is 71.2 cm³/mol. The summed E-state index contributed by atoms with van der Waals surface area (Å²) < 4.78 is 5.02. The molecule has 104 valence electrons. The van der Waals surface area contributed by atoms with Crippen LogP contribution < -0.4 is 5.32 Å². The predicted octanol–water partition coefficient (Wildman–Crippen LogP) is 2.99. The first-order valence-electron chi connectivity index (χ1n) is 5.67. The van der Waals surface area contributed by atoms with E-state index in [-0.39, 0.29) is 0 Å². The Morgan fingerprint density at radius 3 is 2.21 bits per heavy atom. The Balaban J connectivity index is 2.82. The lowest BCUT2D eigenvalue weighted by molar-refractivity contribution is -0.139. The highest BCUT2D eigenvalue weighted by atomic mass is 35.5. The quantitative estimate of drug-likeness (QED) is 0.895. The Labute approximate surface area is 116 Å². The molecule has 0 heterocycles. The molecule has 2 N–H and O–H groups in total. The van der Waals surface area contributed by atoms with Crippen molar-refractivity contribution in [1.29, 1.82) is 0 Å². The smallest absolute Gasteiger partial charge is 0.408 e. The van der Waals surface area contributed by atoms with Crippen molar-refractivity contribution in [1.82, 2.24) is 5.32 Å². The van der Waals surface area contributed by atoms with Crippen LogP contribution in [0.5, 0.6) is 0 Å². The highest BCUT2D eigenvalue weighted by Crippen LogP contribution is 2.17. The van der Waals surface area contributed by atoms with E-state index < -0.39 is 23.7 Å². The van der Waals surface area contributed by atoms with Gasteiger partial charge in [-0.25, -0.2) is 9.59 Å². The van der Waals surface area contributed by atoms with Crippen molar-refractivity contribution < 1.29 is 19.4 Å². The van der Waals surface area contributed by atoms with Gasteiger partial charge in [0.05, 0.1) is 0 Å². The summed E-state index contributed by atoms with van der Waals surface area (Å²) in [5.74, 6) is -1.17. The number of rotatable bonds is 3. The Morgan fingerprint density at radius 2 is 1.79 bits per heavy atom. The zero-order valence-electron chi connectivity index (χ0n) is 10.9. The maximum absolute atomic E-state index is 11.6. The third kappa shape index (κ3) is 5.18. The number of alkyl carbamates (subject to hydrolysis) is 1. The van der Waals surface area contributed by atoms with Crippen molar-refractivity contribution in [3.05, 3.63) is 34.9 Å². The molecule has 1 atom stereocenters. The molecule has 1 amide bonds. The van der Waals surface area contributed by atoms with E-state index in [4.69, 9.17) is 21.4 Å². The van der Waals surface area contributed by atoms with E-state index in [0.29, 0.717) is 10.6 Å². The van der Waals surface area contributed by atoms with Crippen molar-refractivity contribution in [2.45, 2.75) is 32.4 Å². The van der Waals surface area contributed by atoms with E-state index in [2.05, 4.69) is 5.32 Å². The molecule has 0 bridgehead atoms. The molecule has 0 aromatic heterocycles. The minimum absolute atomic E-state index is 0.419. The lowest BCUT2D eigenvalue weighted by Crippen LogP contribution is -2.38. The van der Waals surface area contributed by atoms with Crippen LogP contribution in [0.3, 0.4) is 0 Å². The molecule has 1 aromatic rings. The molecule has 0 fully saturated rings. The maximum atomic E-state index is 11.6. The fourth-order valence-electron chi connectivity index (χ4n) is 1.37. The SMILES string of the molecule is CC(C)(C)OC(=O)N[C@H](C(=O)O)c1ccc(Cl)cc1. The first kappa shape index (κ1) is 15.3. The van der Waals surface area contributed by atoms with E-state index in [1.165, 1.54) is 0 Å². The number of amides is 1. The molecule has 0 aliphatic carbocycles. The van der Waals surface area contributed by atoms with E-state index in [1.807, 2.05) is 0 Å². The Morgan fingerprint density at radius 1 is 1.26 bits per heavy atom. The molecule has 0 saturated carbocycles. The summed E-state index contributed by atoms with van der Waals surface area (Å²) in [5, 5.41) is 11.9. The number of hydrogen-bond acceptors (Lipinski definition) is 3. The molecular weight excluding hydrogens is 270 g/mol. The van der Waals surface area contributed by atoms with Gasteiger partial charge >= 0.3 is 12.1 Å². The van der Waals surface area contributed by atoms with Crippen molar-refractivity contribution in [3.63, 3.8) is 0 Å². The summed E-state index contributed by atoms with van der Waals surface area (Å²) >= 11 is 5.73. The molecule has 6 heteroatoms. The highest BCUT2D eigenvalue weighted by Gasteiger charge is 2.25. The first-order valence-corrected chi connectivity index (χ1v) is 6.04. The van der Waals surface area contributed by atoms with Gasteiger partial charge in [0.1, 0.15) is 5.60 Å². The number of carboxylic acids is 1. The molecule has 0 unspecified atom stereocenters. The van der Waals surface area contributed by atoms with Gasteiger partial charge in [0.15, 0.2) is 6.04 Å². The zero-order valence-corrected chi connectivity index (χ0v) is 11.7. The molecule has 1 rings (SSSR count). The number of benzene rings is 1. The van der Waals surface area contributed by atoms with Crippen LogP contribution in [0, 0.1) is 0 Å². The molecule has 0 radical (unpaired) electrons. The number of halogens is 1. The second-order valence-corrected chi connectivity index (χ2v) is 5.41. The van der Waals surface area contributed by atoms with Gasteiger partial charge in [-0.3, -0.25) is 0 Å².